The standard InChI is InChI=1S/C12H12F3N3/c13-12(14,15)11(10-4-2-1-3-5-10)17-18-8-6-16-7-9-18/h1-8,11,17H,9H2. The summed E-state index contributed by atoms with van der Waals surface area (Å²) in [5, 5.41) is 1.36. The molecule has 1 heterocycles. The number of hydrogen-bond acceptors (Lipinski definition) is 3. The van der Waals surface area contributed by atoms with Crippen molar-refractivity contribution < 1.29 is 13.2 Å². The van der Waals surface area contributed by atoms with Gasteiger partial charge in [0, 0.05) is 18.6 Å². The van der Waals surface area contributed by atoms with Crippen LogP contribution in [0, 0.1) is 0 Å². The summed E-state index contributed by atoms with van der Waals surface area (Å²) in [4.78, 5) is 3.80. The Morgan fingerprint density at radius 2 is 1.94 bits per heavy atom. The predicted octanol–water partition coefficient (Wildman–Crippen LogP) is 2.65. The normalized spacial score (nSPS) is 16.9. The van der Waals surface area contributed by atoms with Crippen molar-refractivity contribution in [2.24, 2.45) is 4.99 Å². The lowest BCUT2D eigenvalue weighted by Crippen LogP contribution is -2.44. The molecule has 3 nitrogen and oxygen atoms in total. The van der Waals surface area contributed by atoms with Crippen molar-refractivity contribution in [1.29, 1.82) is 0 Å². The maximum Gasteiger partial charge on any atom is 0.409 e. The molecule has 0 radical (unpaired) electrons. The summed E-state index contributed by atoms with van der Waals surface area (Å²) in [6.45, 7) is 0.302. The Bertz CT molecular complexity index is 440. The van der Waals surface area contributed by atoms with Crippen LogP contribution in [0.1, 0.15) is 11.6 Å². The van der Waals surface area contributed by atoms with Gasteiger partial charge in [-0.05, 0) is 5.56 Å². The molecule has 0 aliphatic carbocycles. The van der Waals surface area contributed by atoms with E-state index in [9.17, 15) is 13.2 Å². The maximum absolute atomic E-state index is 13.0. The minimum absolute atomic E-state index is 0.181. The van der Waals surface area contributed by atoms with Gasteiger partial charge in [0.15, 0.2) is 0 Å². The molecular weight excluding hydrogens is 243 g/mol. The molecule has 6 heteroatoms. The second kappa shape index (κ2) is 5.22. The van der Waals surface area contributed by atoms with Crippen LogP contribution in [0.2, 0.25) is 0 Å². The highest BCUT2D eigenvalue weighted by atomic mass is 19.4. The van der Waals surface area contributed by atoms with Gasteiger partial charge in [0.2, 0.25) is 0 Å². The van der Waals surface area contributed by atoms with E-state index < -0.39 is 12.2 Å². The Balaban J connectivity index is 2.16. The minimum Gasteiger partial charge on any atom is -0.308 e. The van der Waals surface area contributed by atoms with E-state index in [1.807, 2.05) is 0 Å². The molecule has 1 unspecified atom stereocenters. The van der Waals surface area contributed by atoms with E-state index >= 15 is 0 Å². The Hall–Kier alpha value is -1.82. The van der Waals surface area contributed by atoms with Crippen molar-refractivity contribution in [3.8, 4) is 0 Å². The molecule has 1 aromatic rings. The van der Waals surface area contributed by atoms with Gasteiger partial charge in [0.1, 0.15) is 6.04 Å². The van der Waals surface area contributed by atoms with Gasteiger partial charge < -0.3 is 5.01 Å². The third kappa shape index (κ3) is 3.10. The van der Waals surface area contributed by atoms with Crippen molar-refractivity contribution in [1.82, 2.24) is 10.4 Å². The zero-order valence-corrected chi connectivity index (χ0v) is 9.43. The third-order valence-corrected chi connectivity index (χ3v) is 2.47. The van der Waals surface area contributed by atoms with Gasteiger partial charge in [0.05, 0.1) is 6.54 Å². The van der Waals surface area contributed by atoms with Crippen LogP contribution in [0.25, 0.3) is 0 Å². The zero-order chi connectivity index (χ0) is 13.0. The summed E-state index contributed by atoms with van der Waals surface area (Å²) >= 11 is 0. The summed E-state index contributed by atoms with van der Waals surface area (Å²) in [5.41, 5.74) is 2.62. The lowest BCUT2D eigenvalue weighted by molar-refractivity contribution is -0.167. The molecule has 1 aliphatic heterocycles. The van der Waals surface area contributed by atoms with Gasteiger partial charge in [0.25, 0.3) is 0 Å². The number of benzene rings is 1. The second-order valence-corrected chi connectivity index (χ2v) is 3.80. The molecule has 1 N–H and O–H groups in total. The fourth-order valence-electron chi connectivity index (χ4n) is 1.62. The molecule has 2 rings (SSSR count). The van der Waals surface area contributed by atoms with E-state index in [-0.39, 0.29) is 5.56 Å². The molecule has 0 fully saturated rings. The van der Waals surface area contributed by atoms with Crippen LogP contribution < -0.4 is 5.43 Å². The summed E-state index contributed by atoms with van der Waals surface area (Å²) in [7, 11) is 0. The monoisotopic (exact) mass is 255 g/mol. The first-order valence-corrected chi connectivity index (χ1v) is 5.40. The van der Waals surface area contributed by atoms with Crippen LogP contribution >= 0.6 is 0 Å². The quantitative estimate of drug-likeness (QED) is 0.899. The molecule has 0 saturated heterocycles. The molecular formula is C12H12F3N3. The number of aliphatic imine (C=N–C) groups is 1. The Morgan fingerprint density at radius 1 is 1.22 bits per heavy atom. The highest BCUT2D eigenvalue weighted by Gasteiger charge is 2.41. The van der Waals surface area contributed by atoms with Gasteiger partial charge in [-0.25, -0.2) is 5.43 Å². The first kappa shape index (κ1) is 12.6. The van der Waals surface area contributed by atoms with E-state index in [1.54, 1.807) is 18.2 Å². The number of hydrogen-bond donors (Lipinski definition) is 1. The Labute approximate surface area is 103 Å². The lowest BCUT2D eigenvalue weighted by atomic mass is 10.1. The molecule has 96 valence electrons. The van der Waals surface area contributed by atoms with Gasteiger partial charge in [-0.2, -0.15) is 13.2 Å². The van der Waals surface area contributed by atoms with Crippen LogP contribution in [0.5, 0.6) is 0 Å². The van der Waals surface area contributed by atoms with E-state index in [0.29, 0.717) is 6.54 Å². The average molecular weight is 255 g/mol. The SMILES string of the molecule is FC(F)(F)C(NN1C=CN=CC1)c1ccccc1. The fraction of sp³-hybridized carbons (Fsp3) is 0.250. The number of hydrazine groups is 1. The van der Waals surface area contributed by atoms with E-state index in [4.69, 9.17) is 0 Å². The zero-order valence-electron chi connectivity index (χ0n) is 9.43. The topological polar surface area (TPSA) is 27.6 Å². The van der Waals surface area contributed by atoms with Crippen molar-refractivity contribution >= 4 is 6.21 Å². The van der Waals surface area contributed by atoms with Crippen LogP contribution in [0.4, 0.5) is 13.2 Å². The van der Waals surface area contributed by atoms with Gasteiger partial charge in [-0.3, -0.25) is 4.99 Å². The third-order valence-electron chi connectivity index (χ3n) is 2.47. The van der Waals surface area contributed by atoms with Crippen LogP contribution in [0.15, 0.2) is 47.7 Å². The summed E-state index contributed by atoms with van der Waals surface area (Å²) in [6, 6.07) is 6.03. The predicted molar refractivity (Wildman–Crippen MR) is 62.7 cm³/mol. The lowest BCUT2D eigenvalue weighted by Gasteiger charge is -2.29. The average Bonchev–Trinajstić information content (AvgIpc) is 2.37. The van der Waals surface area contributed by atoms with Crippen molar-refractivity contribution in [2.45, 2.75) is 12.2 Å². The second-order valence-electron chi connectivity index (χ2n) is 3.80. The summed E-state index contributed by atoms with van der Waals surface area (Å²) in [6.07, 6.45) is 0.0891. The van der Waals surface area contributed by atoms with Gasteiger partial charge in [-0.1, -0.05) is 30.3 Å². The van der Waals surface area contributed by atoms with Crippen LogP contribution in [0.3, 0.4) is 0 Å². The number of nitrogens with one attached hydrogen (secondary N) is 1. The molecule has 0 spiro atoms. The first-order valence-electron chi connectivity index (χ1n) is 5.40. The fourth-order valence-corrected chi connectivity index (χ4v) is 1.62. The van der Waals surface area contributed by atoms with Crippen molar-refractivity contribution in [3.05, 3.63) is 48.3 Å². The number of nitrogens with zero attached hydrogens (tertiary/aromatic N) is 2. The highest BCUT2D eigenvalue weighted by Crippen LogP contribution is 2.32. The van der Waals surface area contributed by atoms with Crippen molar-refractivity contribution in [2.75, 3.05) is 6.54 Å². The highest BCUT2D eigenvalue weighted by molar-refractivity contribution is 5.61. The van der Waals surface area contributed by atoms with Crippen LogP contribution in [-0.4, -0.2) is 23.9 Å². The molecule has 0 aromatic heterocycles. The van der Waals surface area contributed by atoms with Crippen molar-refractivity contribution in [3.63, 3.8) is 0 Å². The number of alkyl halides is 3. The van der Waals surface area contributed by atoms with Crippen LogP contribution in [-0.2, 0) is 0 Å². The molecule has 0 amide bonds. The minimum atomic E-state index is -4.36. The largest absolute Gasteiger partial charge is 0.409 e. The molecule has 18 heavy (non-hydrogen) atoms. The van der Waals surface area contributed by atoms with E-state index in [0.717, 1.165) is 0 Å². The Morgan fingerprint density at radius 3 is 2.50 bits per heavy atom. The summed E-state index contributed by atoms with van der Waals surface area (Å²) < 4.78 is 39.0. The van der Waals surface area contributed by atoms with E-state index in [1.165, 1.54) is 35.8 Å². The smallest absolute Gasteiger partial charge is 0.308 e. The van der Waals surface area contributed by atoms with E-state index in [2.05, 4.69) is 10.4 Å². The number of rotatable bonds is 3. The molecule has 1 atom stereocenters. The molecule has 1 aromatic carbocycles. The molecule has 0 bridgehead atoms. The summed E-state index contributed by atoms with van der Waals surface area (Å²) in [5.74, 6) is 0. The Kier molecular flexibility index (Phi) is 3.66. The molecule has 1 aliphatic rings. The first-order chi connectivity index (χ1) is 8.57. The molecule has 0 saturated carbocycles. The van der Waals surface area contributed by atoms with Gasteiger partial charge in [-0.15, -0.1) is 0 Å². The maximum atomic E-state index is 13.0. The van der Waals surface area contributed by atoms with Gasteiger partial charge >= 0.3 is 6.18 Å². The number of halogens is 3.